The largest absolute Gasteiger partial charge is 0.374 e. The second kappa shape index (κ2) is 3.91. The van der Waals surface area contributed by atoms with Gasteiger partial charge in [-0.2, -0.15) is 0 Å². The molecule has 0 aliphatic carbocycles. The van der Waals surface area contributed by atoms with Crippen molar-refractivity contribution in [2.45, 2.75) is 38.4 Å². The van der Waals surface area contributed by atoms with E-state index in [9.17, 15) is 9.18 Å². The first kappa shape index (κ1) is 10.9. The van der Waals surface area contributed by atoms with Crippen molar-refractivity contribution in [2.75, 3.05) is 0 Å². The van der Waals surface area contributed by atoms with Crippen molar-refractivity contribution in [1.29, 1.82) is 0 Å². The second-order valence-electron chi connectivity index (χ2n) is 5.04. The van der Waals surface area contributed by atoms with Crippen LogP contribution in [0.5, 0.6) is 0 Å². The highest BCUT2D eigenvalue weighted by atomic mass is 19.1. The van der Waals surface area contributed by atoms with Gasteiger partial charge >= 0.3 is 0 Å². The van der Waals surface area contributed by atoms with Crippen LogP contribution in [0, 0.1) is 18.7 Å². The van der Waals surface area contributed by atoms with Crippen LogP contribution >= 0.6 is 0 Å². The second-order valence-corrected chi connectivity index (χ2v) is 5.04. The molecule has 0 radical (unpaired) electrons. The van der Waals surface area contributed by atoms with Crippen molar-refractivity contribution in [3.05, 3.63) is 35.1 Å². The Labute approximate surface area is 99.8 Å². The van der Waals surface area contributed by atoms with Gasteiger partial charge < -0.3 is 4.74 Å². The molecule has 2 aliphatic heterocycles. The lowest BCUT2D eigenvalue weighted by atomic mass is 9.83. The Balaban J connectivity index is 1.84. The Morgan fingerprint density at radius 2 is 2.24 bits per heavy atom. The molecule has 2 saturated heterocycles. The van der Waals surface area contributed by atoms with Crippen LogP contribution in [0.1, 0.15) is 35.2 Å². The number of hydrogen-bond acceptors (Lipinski definition) is 2. The zero-order chi connectivity index (χ0) is 12.0. The third kappa shape index (κ3) is 1.78. The molecule has 3 unspecified atom stereocenters. The first-order valence-electron chi connectivity index (χ1n) is 6.11. The normalized spacial score (nSPS) is 30.8. The van der Waals surface area contributed by atoms with E-state index in [0.29, 0.717) is 11.1 Å². The molecule has 0 spiro atoms. The van der Waals surface area contributed by atoms with Crippen LogP contribution < -0.4 is 0 Å². The topological polar surface area (TPSA) is 26.3 Å². The average molecular weight is 234 g/mol. The van der Waals surface area contributed by atoms with Gasteiger partial charge in [0.05, 0.1) is 18.1 Å². The van der Waals surface area contributed by atoms with Crippen molar-refractivity contribution in [1.82, 2.24) is 0 Å². The fourth-order valence-corrected chi connectivity index (χ4v) is 2.93. The fourth-order valence-electron chi connectivity index (χ4n) is 2.93. The molecule has 2 heterocycles. The van der Waals surface area contributed by atoms with Gasteiger partial charge in [-0.15, -0.1) is 0 Å². The van der Waals surface area contributed by atoms with Gasteiger partial charge in [-0.05, 0) is 49.9 Å². The van der Waals surface area contributed by atoms with Gasteiger partial charge in [0.15, 0.2) is 5.78 Å². The van der Waals surface area contributed by atoms with E-state index < -0.39 is 0 Å². The van der Waals surface area contributed by atoms with Crippen LogP contribution in [0.25, 0.3) is 0 Å². The third-order valence-electron chi connectivity index (χ3n) is 3.89. The summed E-state index contributed by atoms with van der Waals surface area (Å²) in [4.78, 5) is 12.3. The summed E-state index contributed by atoms with van der Waals surface area (Å²) in [5, 5.41) is 0. The summed E-state index contributed by atoms with van der Waals surface area (Å²) in [5.41, 5.74) is 1.14. The number of aryl methyl sites for hydroxylation is 1. The molecule has 0 saturated carbocycles. The average Bonchev–Trinajstić information content (AvgIpc) is 2.93. The quantitative estimate of drug-likeness (QED) is 0.735. The zero-order valence-electron chi connectivity index (χ0n) is 9.78. The summed E-state index contributed by atoms with van der Waals surface area (Å²) in [6.45, 7) is 1.68. The Bertz CT molecular complexity index is 469. The molecule has 0 N–H and O–H groups in total. The van der Waals surface area contributed by atoms with Gasteiger partial charge in [-0.3, -0.25) is 4.79 Å². The number of halogens is 1. The summed E-state index contributed by atoms with van der Waals surface area (Å²) in [6, 6.07) is 4.59. The van der Waals surface area contributed by atoms with E-state index in [1.54, 1.807) is 19.1 Å². The molecule has 1 aromatic rings. The number of rotatable bonds is 2. The summed E-state index contributed by atoms with van der Waals surface area (Å²) in [5.74, 6) is -0.162. The lowest BCUT2D eigenvalue weighted by molar-refractivity contribution is 0.0743. The predicted molar refractivity (Wildman–Crippen MR) is 61.5 cm³/mol. The van der Waals surface area contributed by atoms with Crippen LogP contribution in [0.15, 0.2) is 18.2 Å². The number of benzene rings is 1. The number of ether oxygens (including phenoxy) is 1. The van der Waals surface area contributed by atoms with Gasteiger partial charge in [-0.1, -0.05) is 0 Å². The minimum atomic E-state index is -0.259. The molecule has 2 fully saturated rings. The van der Waals surface area contributed by atoms with E-state index in [2.05, 4.69) is 0 Å². The molecular weight excluding hydrogens is 219 g/mol. The third-order valence-corrected chi connectivity index (χ3v) is 3.89. The lowest BCUT2D eigenvalue weighted by Crippen LogP contribution is -2.25. The Morgan fingerprint density at radius 1 is 1.41 bits per heavy atom. The maximum Gasteiger partial charge on any atom is 0.168 e. The number of Topliss-reactive ketones (excluding diaryl/α,β-unsaturated/α-hetero) is 1. The van der Waals surface area contributed by atoms with Gasteiger partial charge in [0, 0.05) is 5.56 Å². The highest BCUT2D eigenvalue weighted by Gasteiger charge is 2.44. The van der Waals surface area contributed by atoms with Crippen LogP contribution in [0.4, 0.5) is 4.39 Å². The van der Waals surface area contributed by atoms with E-state index in [0.717, 1.165) is 19.3 Å². The number of ketones is 1. The molecular formula is C14H15FO2. The minimum Gasteiger partial charge on any atom is -0.374 e. The summed E-state index contributed by atoms with van der Waals surface area (Å²) < 4.78 is 18.8. The highest BCUT2D eigenvalue weighted by Crippen LogP contribution is 2.40. The summed E-state index contributed by atoms with van der Waals surface area (Å²) in [6.07, 6.45) is 3.27. The zero-order valence-corrected chi connectivity index (χ0v) is 9.78. The van der Waals surface area contributed by atoms with Crippen molar-refractivity contribution in [3.8, 4) is 0 Å². The maximum atomic E-state index is 13.2. The van der Waals surface area contributed by atoms with E-state index >= 15 is 0 Å². The molecule has 3 atom stereocenters. The van der Waals surface area contributed by atoms with Crippen LogP contribution in [0.2, 0.25) is 0 Å². The van der Waals surface area contributed by atoms with E-state index in [1.807, 2.05) is 0 Å². The number of carbonyl (C=O) groups is 1. The predicted octanol–water partition coefficient (Wildman–Crippen LogP) is 2.88. The first-order valence-corrected chi connectivity index (χ1v) is 6.11. The minimum absolute atomic E-state index is 0.0152. The van der Waals surface area contributed by atoms with Crippen molar-refractivity contribution >= 4 is 5.78 Å². The Kier molecular flexibility index (Phi) is 2.51. The Hall–Kier alpha value is -1.22. The molecule has 0 aromatic heterocycles. The first-order chi connectivity index (χ1) is 8.15. The van der Waals surface area contributed by atoms with Crippen molar-refractivity contribution in [2.24, 2.45) is 5.92 Å². The lowest BCUT2D eigenvalue weighted by Gasteiger charge is -2.17. The molecule has 2 bridgehead atoms. The maximum absolute atomic E-state index is 13.2. The van der Waals surface area contributed by atoms with Crippen molar-refractivity contribution < 1.29 is 13.9 Å². The van der Waals surface area contributed by atoms with E-state index in [1.165, 1.54) is 6.07 Å². The standard InChI is InChI=1S/C14H15FO2/c1-8-6-9(2-4-12(8)15)14(16)11-7-10-3-5-13(11)17-10/h2,4,6,10-11,13H,3,5,7H2,1H3. The number of carbonyl (C=O) groups excluding carboxylic acids is 1. The van der Waals surface area contributed by atoms with Crippen LogP contribution in [-0.4, -0.2) is 18.0 Å². The van der Waals surface area contributed by atoms with Crippen molar-refractivity contribution in [3.63, 3.8) is 0 Å². The van der Waals surface area contributed by atoms with E-state index in [-0.39, 0.29) is 29.7 Å². The van der Waals surface area contributed by atoms with Gasteiger partial charge in [-0.25, -0.2) is 4.39 Å². The molecule has 1 aromatic carbocycles. The molecule has 90 valence electrons. The summed E-state index contributed by atoms with van der Waals surface area (Å²) in [7, 11) is 0. The fraction of sp³-hybridized carbons (Fsp3) is 0.500. The van der Waals surface area contributed by atoms with E-state index in [4.69, 9.17) is 4.74 Å². The van der Waals surface area contributed by atoms with Gasteiger partial charge in [0.1, 0.15) is 5.82 Å². The monoisotopic (exact) mass is 234 g/mol. The molecule has 3 heteroatoms. The number of hydrogen-bond donors (Lipinski definition) is 0. The molecule has 2 aliphatic rings. The molecule has 17 heavy (non-hydrogen) atoms. The van der Waals surface area contributed by atoms with Gasteiger partial charge in [0.2, 0.25) is 0 Å². The smallest absolute Gasteiger partial charge is 0.168 e. The van der Waals surface area contributed by atoms with Crippen LogP contribution in [0.3, 0.4) is 0 Å². The number of fused-ring (bicyclic) bond motifs is 2. The SMILES string of the molecule is Cc1cc(C(=O)C2CC3CCC2O3)ccc1F. The molecule has 2 nitrogen and oxygen atoms in total. The summed E-state index contributed by atoms with van der Waals surface area (Å²) >= 11 is 0. The van der Waals surface area contributed by atoms with Gasteiger partial charge in [0.25, 0.3) is 0 Å². The Morgan fingerprint density at radius 3 is 2.82 bits per heavy atom. The van der Waals surface area contributed by atoms with Crippen LogP contribution in [-0.2, 0) is 4.74 Å². The molecule has 3 rings (SSSR count). The highest BCUT2D eigenvalue weighted by molar-refractivity contribution is 5.98. The molecule has 0 amide bonds.